The number of rotatable bonds is 8. The summed E-state index contributed by atoms with van der Waals surface area (Å²) >= 11 is 0. The first-order valence-electron chi connectivity index (χ1n) is 12.6. The van der Waals surface area contributed by atoms with Crippen molar-refractivity contribution in [3.05, 3.63) is 29.3 Å². The molecule has 3 aliphatic rings. The maximum absolute atomic E-state index is 9.96. The molecule has 0 saturated heterocycles. The lowest BCUT2D eigenvalue weighted by Crippen LogP contribution is -2.45. The Morgan fingerprint density at radius 3 is 2.70 bits per heavy atom. The third-order valence-corrected chi connectivity index (χ3v) is 9.31. The van der Waals surface area contributed by atoms with Gasteiger partial charge in [0.05, 0.1) is 6.61 Å². The lowest BCUT2D eigenvalue weighted by molar-refractivity contribution is -0.00512. The number of nitrogens with zero attached hydrogens (tertiary/aromatic N) is 1. The van der Waals surface area contributed by atoms with E-state index in [2.05, 4.69) is 38.7 Å². The molecule has 0 heterocycles. The van der Waals surface area contributed by atoms with Crippen molar-refractivity contribution >= 4 is 0 Å². The Morgan fingerprint density at radius 2 is 1.93 bits per heavy atom. The topological polar surface area (TPSA) is 32.7 Å². The van der Waals surface area contributed by atoms with Crippen LogP contribution in [0.2, 0.25) is 0 Å². The first-order chi connectivity index (χ1) is 14.5. The molecule has 6 atom stereocenters. The van der Waals surface area contributed by atoms with Crippen LogP contribution in [0.3, 0.4) is 0 Å². The fourth-order valence-corrected chi connectivity index (χ4v) is 7.61. The van der Waals surface area contributed by atoms with Gasteiger partial charge in [-0.05, 0) is 110 Å². The lowest BCUT2D eigenvalue weighted by Gasteiger charge is -2.53. The van der Waals surface area contributed by atoms with Crippen molar-refractivity contribution in [3.8, 4) is 5.75 Å². The third kappa shape index (κ3) is 4.05. The Hall–Kier alpha value is -1.06. The number of fused-ring (bicyclic) bond motifs is 5. The van der Waals surface area contributed by atoms with Crippen LogP contribution in [0.1, 0.15) is 76.8 Å². The summed E-state index contributed by atoms with van der Waals surface area (Å²) in [5.74, 6) is 4.35. The van der Waals surface area contributed by atoms with Crippen LogP contribution < -0.4 is 0 Å². The van der Waals surface area contributed by atoms with Crippen LogP contribution >= 0.6 is 0 Å². The van der Waals surface area contributed by atoms with Gasteiger partial charge in [0.2, 0.25) is 0 Å². The van der Waals surface area contributed by atoms with E-state index in [1.165, 1.54) is 37.7 Å². The second kappa shape index (κ2) is 9.20. The Kier molecular flexibility index (Phi) is 6.79. The van der Waals surface area contributed by atoms with Gasteiger partial charge < -0.3 is 14.7 Å². The predicted molar refractivity (Wildman–Crippen MR) is 124 cm³/mol. The van der Waals surface area contributed by atoms with E-state index in [1.807, 2.05) is 12.1 Å². The molecule has 3 nitrogen and oxygen atoms in total. The SMILES string of the molecule is CCN(CC)CCOCC[C@H]1CCC2C3C(CCC21C)c1ccc(O)cc1C[C@H]3C. The zero-order valence-electron chi connectivity index (χ0n) is 19.7. The van der Waals surface area contributed by atoms with Crippen molar-refractivity contribution in [2.24, 2.45) is 29.1 Å². The minimum absolute atomic E-state index is 0.432. The molecule has 2 saturated carbocycles. The van der Waals surface area contributed by atoms with E-state index in [4.69, 9.17) is 4.74 Å². The lowest BCUT2D eigenvalue weighted by atomic mass is 9.51. The molecule has 3 heteroatoms. The third-order valence-electron chi connectivity index (χ3n) is 9.31. The molecule has 168 valence electrons. The number of likely N-dealkylation sites (N-methyl/N-ethyl adjacent to an activating group) is 1. The van der Waals surface area contributed by atoms with Gasteiger partial charge in [-0.25, -0.2) is 0 Å². The Bertz CT molecular complexity index is 715. The molecule has 4 unspecified atom stereocenters. The summed E-state index contributed by atoms with van der Waals surface area (Å²) in [7, 11) is 0. The molecule has 0 amide bonds. The predicted octanol–water partition coefficient (Wildman–Crippen LogP) is 5.86. The molecule has 0 bridgehead atoms. The molecule has 4 rings (SSSR count). The number of aromatic hydroxyl groups is 1. The first-order valence-corrected chi connectivity index (χ1v) is 12.6. The van der Waals surface area contributed by atoms with E-state index < -0.39 is 0 Å². The number of ether oxygens (including phenoxy) is 1. The molecule has 30 heavy (non-hydrogen) atoms. The second-order valence-corrected chi connectivity index (χ2v) is 10.6. The molecular formula is C27H43NO2. The van der Waals surface area contributed by atoms with Gasteiger partial charge in [-0.15, -0.1) is 0 Å². The molecule has 3 aliphatic carbocycles. The standard InChI is InChI=1S/C27H43NO2/c1-5-28(6-2)14-16-30-15-12-21-7-10-25-26-19(3)17-20-18-22(29)8-9-23(20)24(26)11-13-27(21,25)4/h8-9,18-19,21,24-26,29H,5-7,10-17H2,1-4H3/t19-,21-,24?,25?,26?,27?/m1/s1. The summed E-state index contributed by atoms with van der Waals surface area (Å²) in [6, 6.07) is 6.17. The van der Waals surface area contributed by atoms with Crippen LogP contribution in [-0.2, 0) is 11.2 Å². The van der Waals surface area contributed by atoms with E-state index in [1.54, 1.807) is 5.56 Å². The number of benzene rings is 1. The van der Waals surface area contributed by atoms with Gasteiger partial charge in [0.15, 0.2) is 0 Å². The van der Waals surface area contributed by atoms with E-state index in [0.29, 0.717) is 17.1 Å². The fraction of sp³-hybridized carbons (Fsp3) is 0.778. The summed E-state index contributed by atoms with van der Waals surface area (Å²) in [4.78, 5) is 2.44. The zero-order valence-corrected chi connectivity index (χ0v) is 19.7. The average Bonchev–Trinajstić information content (AvgIpc) is 3.06. The van der Waals surface area contributed by atoms with Crippen LogP contribution in [0.25, 0.3) is 0 Å². The molecule has 0 spiro atoms. The first kappa shape index (κ1) is 22.1. The zero-order chi connectivity index (χ0) is 21.3. The molecule has 1 aromatic rings. The number of hydrogen-bond acceptors (Lipinski definition) is 3. The largest absolute Gasteiger partial charge is 0.508 e. The smallest absolute Gasteiger partial charge is 0.115 e. The monoisotopic (exact) mass is 413 g/mol. The summed E-state index contributed by atoms with van der Waals surface area (Å²) in [6.07, 6.45) is 7.84. The second-order valence-electron chi connectivity index (χ2n) is 10.6. The number of phenols is 1. The minimum Gasteiger partial charge on any atom is -0.508 e. The molecule has 1 aromatic carbocycles. The number of hydrogen-bond donors (Lipinski definition) is 1. The van der Waals surface area contributed by atoms with E-state index >= 15 is 0 Å². The summed E-state index contributed by atoms with van der Waals surface area (Å²) in [5.41, 5.74) is 3.44. The highest BCUT2D eigenvalue weighted by molar-refractivity contribution is 5.40. The van der Waals surface area contributed by atoms with E-state index in [9.17, 15) is 5.11 Å². The average molecular weight is 414 g/mol. The summed E-state index contributed by atoms with van der Waals surface area (Å²) in [6.45, 7) is 14.6. The van der Waals surface area contributed by atoms with Gasteiger partial charge in [-0.3, -0.25) is 0 Å². The maximum Gasteiger partial charge on any atom is 0.115 e. The van der Waals surface area contributed by atoms with Crippen molar-refractivity contribution in [1.29, 1.82) is 0 Å². The van der Waals surface area contributed by atoms with E-state index in [-0.39, 0.29) is 0 Å². The van der Waals surface area contributed by atoms with Gasteiger partial charge in [-0.2, -0.15) is 0 Å². The van der Waals surface area contributed by atoms with Crippen LogP contribution in [-0.4, -0.2) is 42.9 Å². The highest BCUT2D eigenvalue weighted by Crippen LogP contribution is 2.64. The van der Waals surface area contributed by atoms with Crippen molar-refractivity contribution in [2.45, 2.75) is 72.1 Å². The highest BCUT2D eigenvalue weighted by atomic mass is 16.5. The van der Waals surface area contributed by atoms with Crippen LogP contribution in [0.15, 0.2) is 18.2 Å². The van der Waals surface area contributed by atoms with Crippen LogP contribution in [0.4, 0.5) is 0 Å². The van der Waals surface area contributed by atoms with Gasteiger partial charge in [0.1, 0.15) is 5.75 Å². The van der Waals surface area contributed by atoms with Crippen molar-refractivity contribution in [3.63, 3.8) is 0 Å². The van der Waals surface area contributed by atoms with Crippen molar-refractivity contribution in [2.75, 3.05) is 32.8 Å². The fourth-order valence-electron chi connectivity index (χ4n) is 7.61. The van der Waals surface area contributed by atoms with Gasteiger partial charge in [-0.1, -0.05) is 33.8 Å². The number of phenolic OH excluding ortho intramolecular Hbond substituents is 1. The molecule has 0 aromatic heterocycles. The highest BCUT2D eigenvalue weighted by Gasteiger charge is 2.55. The molecule has 1 N–H and O–H groups in total. The van der Waals surface area contributed by atoms with Crippen molar-refractivity contribution < 1.29 is 9.84 Å². The maximum atomic E-state index is 9.96. The Morgan fingerprint density at radius 1 is 1.13 bits per heavy atom. The molecular weight excluding hydrogens is 370 g/mol. The Labute approximate surface area is 184 Å². The quantitative estimate of drug-likeness (QED) is 0.542. The van der Waals surface area contributed by atoms with Gasteiger partial charge in [0, 0.05) is 13.2 Å². The molecule has 0 radical (unpaired) electrons. The Balaban J connectivity index is 1.38. The minimum atomic E-state index is 0.432. The van der Waals surface area contributed by atoms with Gasteiger partial charge in [0.25, 0.3) is 0 Å². The van der Waals surface area contributed by atoms with Crippen LogP contribution in [0.5, 0.6) is 5.75 Å². The van der Waals surface area contributed by atoms with Crippen molar-refractivity contribution in [1.82, 2.24) is 4.90 Å². The molecule has 2 fully saturated rings. The normalized spacial score (nSPS) is 35.2. The van der Waals surface area contributed by atoms with Gasteiger partial charge >= 0.3 is 0 Å². The summed E-state index contributed by atoms with van der Waals surface area (Å²) in [5, 5.41) is 9.96. The van der Waals surface area contributed by atoms with E-state index in [0.717, 1.165) is 62.9 Å². The molecule has 0 aliphatic heterocycles. The van der Waals surface area contributed by atoms with Crippen LogP contribution in [0, 0.1) is 29.1 Å². The summed E-state index contributed by atoms with van der Waals surface area (Å²) < 4.78 is 6.07.